The van der Waals surface area contributed by atoms with Gasteiger partial charge in [0.15, 0.2) is 0 Å². The Morgan fingerprint density at radius 3 is 2.54 bits per heavy atom. The summed E-state index contributed by atoms with van der Waals surface area (Å²) in [5, 5.41) is 0. The van der Waals surface area contributed by atoms with Gasteiger partial charge in [0, 0.05) is 25.4 Å². The maximum atomic E-state index is 6.22. The minimum Gasteiger partial charge on any atom is -0.381 e. The van der Waals surface area contributed by atoms with E-state index in [1.807, 2.05) is 0 Å². The van der Waals surface area contributed by atoms with Crippen LogP contribution in [0.3, 0.4) is 0 Å². The van der Waals surface area contributed by atoms with Crippen molar-refractivity contribution in [2.75, 3.05) is 26.4 Å². The van der Waals surface area contributed by atoms with E-state index in [0.717, 1.165) is 45.2 Å². The van der Waals surface area contributed by atoms with Gasteiger partial charge in [-0.05, 0) is 31.6 Å². The van der Waals surface area contributed by atoms with Crippen molar-refractivity contribution in [3.05, 3.63) is 0 Å². The highest BCUT2D eigenvalue weighted by atomic mass is 16.5. The van der Waals surface area contributed by atoms with E-state index in [4.69, 9.17) is 15.2 Å². The molecule has 76 valence electrons. The fraction of sp³-hybridized carbons (Fsp3) is 1.00. The summed E-state index contributed by atoms with van der Waals surface area (Å²) in [4.78, 5) is 0. The normalized spacial score (nSPS) is 36.7. The number of nitrogens with two attached hydrogens (primary N) is 1. The fourth-order valence-corrected chi connectivity index (χ4v) is 2.31. The van der Waals surface area contributed by atoms with Crippen LogP contribution in [0.5, 0.6) is 0 Å². The molecule has 2 aliphatic rings. The number of hydrogen-bond acceptors (Lipinski definition) is 3. The lowest BCUT2D eigenvalue weighted by Crippen LogP contribution is -2.43. The van der Waals surface area contributed by atoms with Crippen LogP contribution in [0, 0.1) is 5.92 Å². The lowest BCUT2D eigenvalue weighted by atomic mass is 9.84. The van der Waals surface area contributed by atoms with Gasteiger partial charge in [0.05, 0.1) is 6.61 Å². The summed E-state index contributed by atoms with van der Waals surface area (Å²) in [6.45, 7) is 3.44. The van der Waals surface area contributed by atoms with E-state index >= 15 is 0 Å². The topological polar surface area (TPSA) is 44.5 Å². The molecule has 0 aromatic rings. The molecule has 13 heavy (non-hydrogen) atoms. The molecule has 2 N–H and O–H groups in total. The Labute approximate surface area is 79.6 Å². The largest absolute Gasteiger partial charge is 0.381 e. The molecule has 2 rings (SSSR count). The zero-order chi connectivity index (χ0) is 9.15. The molecule has 1 unspecified atom stereocenters. The first-order valence-electron chi connectivity index (χ1n) is 5.23. The molecule has 0 radical (unpaired) electrons. The number of hydrogen-bond donors (Lipinski definition) is 1. The average Bonchev–Trinajstić information content (AvgIpc) is 2.54. The van der Waals surface area contributed by atoms with Gasteiger partial charge in [-0.2, -0.15) is 0 Å². The molecule has 0 saturated carbocycles. The third kappa shape index (κ3) is 2.42. The molecular formula is C10H19NO2. The van der Waals surface area contributed by atoms with Crippen LogP contribution in [0.15, 0.2) is 0 Å². The SMILES string of the molecule is NC1(CC2CCOCC2)CCOC1. The molecule has 0 aliphatic carbocycles. The van der Waals surface area contributed by atoms with Crippen LogP contribution in [-0.4, -0.2) is 32.0 Å². The Kier molecular flexibility index (Phi) is 2.86. The maximum Gasteiger partial charge on any atom is 0.0647 e. The highest BCUT2D eigenvalue weighted by molar-refractivity contribution is 4.90. The maximum absolute atomic E-state index is 6.22. The Bertz CT molecular complexity index is 160. The minimum atomic E-state index is -0.0258. The predicted octanol–water partition coefficient (Wildman–Crippen LogP) is 0.921. The molecule has 0 aromatic heterocycles. The van der Waals surface area contributed by atoms with Gasteiger partial charge in [0.1, 0.15) is 0 Å². The Morgan fingerprint density at radius 2 is 1.92 bits per heavy atom. The van der Waals surface area contributed by atoms with Crippen LogP contribution in [-0.2, 0) is 9.47 Å². The van der Waals surface area contributed by atoms with E-state index in [1.54, 1.807) is 0 Å². The van der Waals surface area contributed by atoms with Crippen molar-refractivity contribution in [1.29, 1.82) is 0 Å². The van der Waals surface area contributed by atoms with E-state index in [-0.39, 0.29) is 5.54 Å². The second-order valence-electron chi connectivity index (χ2n) is 4.42. The van der Waals surface area contributed by atoms with Crippen LogP contribution in [0.4, 0.5) is 0 Å². The van der Waals surface area contributed by atoms with Gasteiger partial charge in [0.25, 0.3) is 0 Å². The van der Waals surface area contributed by atoms with Crippen LogP contribution in [0.2, 0.25) is 0 Å². The number of rotatable bonds is 2. The van der Waals surface area contributed by atoms with Crippen molar-refractivity contribution < 1.29 is 9.47 Å². The highest BCUT2D eigenvalue weighted by Gasteiger charge is 2.33. The van der Waals surface area contributed by atoms with Gasteiger partial charge in [-0.3, -0.25) is 0 Å². The zero-order valence-corrected chi connectivity index (χ0v) is 8.13. The van der Waals surface area contributed by atoms with E-state index in [9.17, 15) is 0 Å². The summed E-state index contributed by atoms with van der Waals surface area (Å²) in [5.74, 6) is 0.764. The van der Waals surface area contributed by atoms with E-state index in [2.05, 4.69) is 0 Å². The summed E-state index contributed by atoms with van der Waals surface area (Å²) in [5.41, 5.74) is 6.20. The third-order valence-electron chi connectivity index (χ3n) is 3.17. The molecule has 0 aromatic carbocycles. The van der Waals surface area contributed by atoms with Crippen molar-refractivity contribution in [2.45, 2.75) is 31.2 Å². The molecule has 0 bridgehead atoms. The van der Waals surface area contributed by atoms with Crippen LogP contribution in [0.1, 0.15) is 25.7 Å². The van der Waals surface area contributed by atoms with Crippen molar-refractivity contribution in [3.8, 4) is 0 Å². The lowest BCUT2D eigenvalue weighted by Gasteiger charge is -2.30. The van der Waals surface area contributed by atoms with Crippen molar-refractivity contribution in [2.24, 2.45) is 11.7 Å². The monoisotopic (exact) mass is 185 g/mol. The summed E-state index contributed by atoms with van der Waals surface area (Å²) < 4.78 is 10.7. The quantitative estimate of drug-likeness (QED) is 0.695. The number of ether oxygens (including phenoxy) is 2. The predicted molar refractivity (Wildman–Crippen MR) is 50.5 cm³/mol. The summed E-state index contributed by atoms with van der Waals surface area (Å²) in [6, 6.07) is 0. The first-order valence-corrected chi connectivity index (χ1v) is 5.23. The highest BCUT2D eigenvalue weighted by Crippen LogP contribution is 2.28. The molecule has 0 amide bonds. The van der Waals surface area contributed by atoms with Gasteiger partial charge >= 0.3 is 0 Å². The van der Waals surface area contributed by atoms with Crippen molar-refractivity contribution in [1.82, 2.24) is 0 Å². The van der Waals surface area contributed by atoms with Crippen LogP contribution < -0.4 is 5.73 Å². The lowest BCUT2D eigenvalue weighted by molar-refractivity contribution is 0.0545. The molecule has 0 spiro atoms. The summed E-state index contributed by atoms with van der Waals surface area (Å²) in [6.07, 6.45) is 4.51. The molecule has 2 saturated heterocycles. The third-order valence-corrected chi connectivity index (χ3v) is 3.17. The molecular weight excluding hydrogens is 166 g/mol. The average molecular weight is 185 g/mol. The van der Waals surface area contributed by atoms with Gasteiger partial charge in [-0.25, -0.2) is 0 Å². The summed E-state index contributed by atoms with van der Waals surface area (Å²) >= 11 is 0. The molecule has 2 aliphatic heterocycles. The van der Waals surface area contributed by atoms with Crippen LogP contribution >= 0.6 is 0 Å². The first kappa shape index (κ1) is 9.44. The Balaban J connectivity index is 1.81. The smallest absolute Gasteiger partial charge is 0.0647 e. The van der Waals surface area contributed by atoms with Crippen molar-refractivity contribution in [3.63, 3.8) is 0 Å². The van der Waals surface area contributed by atoms with Crippen molar-refractivity contribution >= 4 is 0 Å². The van der Waals surface area contributed by atoms with Gasteiger partial charge in [-0.1, -0.05) is 0 Å². The van der Waals surface area contributed by atoms with E-state index < -0.39 is 0 Å². The Hall–Kier alpha value is -0.120. The molecule has 2 fully saturated rings. The fourth-order valence-electron chi connectivity index (χ4n) is 2.31. The molecule has 1 atom stereocenters. The van der Waals surface area contributed by atoms with E-state index in [0.29, 0.717) is 0 Å². The van der Waals surface area contributed by atoms with Gasteiger partial charge < -0.3 is 15.2 Å². The minimum absolute atomic E-state index is 0.0258. The van der Waals surface area contributed by atoms with Gasteiger partial charge in [-0.15, -0.1) is 0 Å². The van der Waals surface area contributed by atoms with Gasteiger partial charge in [0.2, 0.25) is 0 Å². The molecule has 2 heterocycles. The first-order chi connectivity index (χ1) is 6.29. The molecule has 3 nitrogen and oxygen atoms in total. The van der Waals surface area contributed by atoms with E-state index in [1.165, 1.54) is 12.8 Å². The standard InChI is InChI=1S/C10H19NO2/c11-10(3-6-13-8-10)7-9-1-4-12-5-2-9/h9H,1-8,11H2. The van der Waals surface area contributed by atoms with Crippen LogP contribution in [0.25, 0.3) is 0 Å². The summed E-state index contributed by atoms with van der Waals surface area (Å²) in [7, 11) is 0. The second kappa shape index (κ2) is 3.95. The zero-order valence-electron chi connectivity index (χ0n) is 8.13. The molecule has 3 heteroatoms. The Morgan fingerprint density at radius 1 is 1.15 bits per heavy atom. The second-order valence-corrected chi connectivity index (χ2v) is 4.42.